The van der Waals surface area contributed by atoms with Crippen LogP contribution in [0, 0.1) is 0 Å². The van der Waals surface area contributed by atoms with Crippen molar-refractivity contribution in [3.63, 3.8) is 0 Å². The van der Waals surface area contributed by atoms with Gasteiger partial charge in [0.25, 0.3) is 5.91 Å². The molecule has 0 unspecified atom stereocenters. The number of nitrogens with two attached hydrogens (primary N) is 1. The molecule has 148 valence electrons. The lowest BCUT2D eigenvalue weighted by Crippen LogP contribution is -2.42. The molecule has 3 aromatic rings. The first kappa shape index (κ1) is 18.9. The van der Waals surface area contributed by atoms with Crippen LogP contribution in [0.1, 0.15) is 40.9 Å². The van der Waals surface area contributed by atoms with Crippen molar-refractivity contribution in [3.8, 4) is 0 Å². The van der Waals surface area contributed by atoms with Gasteiger partial charge in [-0.1, -0.05) is 48.9 Å². The highest BCUT2D eigenvalue weighted by Crippen LogP contribution is 2.46. The van der Waals surface area contributed by atoms with Crippen molar-refractivity contribution in [2.24, 2.45) is 0 Å². The van der Waals surface area contributed by atoms with E-state index in [1.165, 1.54) is 0 Å². The number of aliphatic carboxylic acids is 1. The summed E-state index contributed by atoms with van der Waals surface area (Å²) in [5.41, 5.74) is 7.13. The van der Waals surface area contributed by atoms with Gasteiger partial charge in [0.05, 0.1) is 10.9 Å². The molecule has 0 saturated heterocycles. The first-order chi connectivity index (χ1) is 14.0. The quantitative estimate of drug-likeness (QED) is 0.595. The fraction of sp³-hybridized carbons (Fsp3) is 0.273. The molecule has 1 heterocycles. The predicted molar refractivity (Wildman–Crippen MR) is 110 cm³/mol. The Kier molecular flexibility index (Phi) is 4.88. The van der Waals surface area contributed by atoms with Gasteiger partial charge in [-0.25, -0.2) is 9.97 Å². The third-order valence-corrected chi connectivity index (χ3v) is 5.63. The van der Waals surface area contributed by atoms with E-state index in [-0.39, 0.29) is 17.5 Å². The minimum atomic E-state index is -1.00. The number of nitrogens with one attached hydrogen (secondary N) is 1. The van der Waals surface area contributed by atoms with E-state index in [4.69, 9.17) is 5.73 Å². The Morgan fingerprint density at radius 1 is 1.07 bits per heavy atom. The zero-order chi connectivity index (χ0) is 20.4. The lowest BCUT2D eigenvalue weighted by molar-refractivity contribution is -0.147. The number of rotatable bonds is 6. The van der Waals surface area contributed by atoms with Gasteiger partial charge in [-0.05, 0) is 36.5 Å². The largest absolute Gasteiger partial charge is 0.481 e. The molecule has 1 aliphatic rings. The molecule has 4 N–H and O–H groups in total. The highest BCUT2D eigenvalue weighted by molar-refractivity contribution is 6.07. The minimum absolute atomic E-state index is 0.0131. The summed E-state index contributed by atoms with van der Waals surface area (Å²) < 4.78 is 0. The summed E-state index contributed by atoms with van der Waals surface area (Å²) in [4.78, 5) is 33.4. The second-order valence-electron chi connectivity index (χ2n) is 7.36. The lowest BCUT2D eigenvalue weighted by Gasteiger charge is -2.38. The Morgan fingerprint density at radius 3 is 2.48 bits per heavy atom. The first-order valence-corrected chi connectivity index (χ1v) is 9.63. The Labute approximate surface area is 168 Å². The first-order valence-electron chi connectivity index (χ1n) is 9.63. The van der Waals surface area contributed by atoms with Crippen molar-refractivity contribution >= 4 is 28.7 Å². The van der Waals surface area contributed by atoms with Crippen LogP contribution in [0.4, 0.5) is 5.95 Å². The van der Waals surface area contributed by atoms with Crippen LogP contribution in [0.25, 0.3) is 10.9 Å². The molecule has 29 heavy (non-hydrogen) atoms. The van der Waals surface area contributed by atoms with Gasteiger partial charge in [-0.3, -0.25) is 9.59 Å². The van der Waals surface area contributed by atoms with E-state index in [1.54, 1.807) is 18.2 Å². The van der Waals surface area contributed by atoms with Crippen LogP contribution in [-0.4, -0.2) is 33.5 Å². The molecular weight excluding hydrogens is 368 g/mol. The third-order valence-electron chi connectivity index (χ3n) is 5.63. The average molecular weight is 390 g/mol. The van der Waals surface area contributed by atoms with Crippen molar-refractivity contribution in [3.05, 3.63) is 65.4 Å². The molecule has 4 rings (SSSR count). The lowest BCUT2D eigenvalue weighted by atomic mass is 9.63. The fourth-order valence-corrected chi connectivity index (χ4v) is 3.94. The smallest absolute Gasteiger partial charge is 0.314 e. The maximum absolute atomic E-state index is 13.0. The number of amides is 1. The highest BCUT2D eigenvalue weighted by atomic mass is 16.4. The van der Waals surface area contributed by atoms with E-state index in [0.717, 1.165) is 12.0 Å². The zero-order valence-corrected chi connectivity index (χ0v) is 15.9. The van der Waals surface area contributed by atoms with Crippen molar-refractivity contribution in [1.29, 1.82) is 0 Å². The van der Waals surface area contributed by atoms with Gasteiger partial charge in [-0.2, -0.15) is 0 Å². The number of fused-ring (bicyclic) bond motifs is 1. The van der Waals surface area contributed by atoms with E-state index in [2.05, 4.69) is 15.3 Å². The summed E-state index contributed by atoms with van der Waals surface area (Å²) in [6, 6.07) is 15.1. The van der Waals surface area contributed by atoms with E-state index in [0.29, 0.717) is 42.3 Å². The number of carboxylic acid groups (broad SMARTS) is 1. The number of carbonyl (C=O) groups excluding carboxylic acids is 1. The SMILES string of the molecule is Nc1nc(C(=O)NCCc2ccccc2)c2c(C3(C(=O)O)CCC3)cccc2n1. The molecule has 1 amide bonds. The van der Waals surface area contributed by atoms with E-state index < -0.39 is 11.4 Å². The van der Waals surface area contributed by atoms with Gasteiger partial charge in [0.1, 0.15) is 5.69 Å². The van der Waals surface area contributed by atoms with Gasteiger partial charge in [0, 0.05) is 11.9 Å². The van der Waals surface area contributed by atoms with Crippen LogP contribution in [0.3, 0.4) is 0 Å². The van der Waals surface area contributed by atoms with Gasteiger partial charge >= 0.3 is 5.97 Å². The molecular formula is C22H22N4O3. The topological polar surface area (TPSA) is 118 Å². The van der Waals surface area contributed by atoms with Crippen LogP contribution < -0.4 is 11.1 Å². The summed E-state index contributed by atoms with van der Waals surface area (Å²) in [5, 5.41) is 13.2. The second kappa shape index (κ2) is 7.50. The maximum Gasteiger partial charge on any atom is 0.314 e. The average Bonchev–Trinajstić information content (AvgIpc) is 2.67. The van der Waals surface area contributed by atoms with Crippen molar-refractivity contribution in [1.82, 2.24) is 15.3 Å². The number of carboxylic acids is 1. The number of nitrogens with zero attached hydrogens (tertiary/aromatic N) is 2. The monoisotopic (exact) mass is 390 g/mol. The van der Waals surface area contributed by atoms with Crippen LogP contribution in [0.15, 0.2) is 48.5 Å². The Morgan fingerprint density at radius 2 is 1.83 bits per heavy atom. The van der Waals surface area contributed by atoms with Crippen LogP contribution in [0.5, 0.6) is 0 Å². The standard InChI is InChI=1S/C22H22N4O3/c23-21-25-16-9-4-8-15(22(20(28)29)11-5-12-22)17(16)18(26-21)19(27)24-13-10-14-6-2-1-3-7-14/h1-4,6-9H,5,10-13H2,(H,24,27)(H,28,29)(H2,23,25,26). The molecule has 2 aromatic carbocycles. The number of benzene rings is 2. The summed E-state index contributed by atoms with van der Waals surface area (Å²) in [5.74, 6) is -1.28. The van der Waals surface area contributed by atoms with Crippen LogP contribution >= 0.6 is 0 Å². The molecule has 0 bridgehead atoms. The molecule has 0 spiro atoms. The van der Waals surface area contributed by atoms with Gasteiger partial charge in [-0.15, -0.1) is 0 Å². The van der Waals surface area contributed by atoms with Crippen molar-refractivity contribution < 1.29 is 14.7 Å². The molecule has 1 aromatic heterocycles. The summed E-state index contributed by atoms with van der Waals surface area (Å²) >= 11 is 0. The maximum atomic E-state index is 13.0. The van der Waals surface area contributed by atoms with Crippen molar-refractivity contribution in [2.45, 2.75) is 31.1 Å². The number of hydrogen-bond acceptors (Lipinski definition) is 5. The van der Waals surface area contributed by atoms with Crippen LogP contribution in [0.2, 0.25) is 0 Å². The second-order valence-corrected chi connectivity index (χ2v) is 7.36. The molecule has 7 nitrogen and oxygen atoms in total. The van der Waals surface area contributed by atoms with E-state index in [9.17, 15) is 14.7 Å². The number of nitrogen functional groups attached to an aromatic ring is 1. The Balaban J connectivity index is 1.70. The molecule has 1 fully saturated rings. The molecule has 0 aliphatic heterocycles. The zero-order valence-electron chi connectivity index (χ0n) is 15.9. The summed E-state index contributed by atoms with van der Waals surface area (Å²) in [7, 11) is 0. The molecule has 1 aliphatic carbocycles. The summed E-state index contributed by atoms with van der Waals surface area (Å²) in [6.07, 6.45) is 2.57. The minimum Gasteiger partial charge on any atom is -0.481 e. The number of hydrogen-bond donors (Lipinski definition) is 3. The van der Waals surface area contributed by atoms with E-state index in [1.807, 2.05) is 30.3 Å². The Bertz CT molecular complexity index is 1080. The number of aromatic nitrogens is 2. The molecule has 0 atom stereocenters. The van der Waals surface area contributed by atoms with Gasteiger partial charge in [0.2, 0.25) is 5.95 Å². The normalized spacial score (nSPS) is 14.9. The molecule has 7 heteroatoms. The number of anilines is 1. The predicted octanol–water partition coefficient (Wildman–Crippen LogP) is 2.69. The summed E-state index contributed by atoms with van der Waals surface area (Å²) in [6.45, 7) is 0.431. The fourth-order valence-electron chi connectivity index (χ4n) is 3.94. The van der Waals surface area contributed by atoms with Gasteiger partial charge in [0.15, 0.2) is 0 Å². The van der Waals surface area contributed by atoms with Crippen molar-refractivity contribution in [2.75, 3.05) is 12.3 Å². The molecule has 0 radical (unpaired) electrons. The van der Waals surface area contributed by atoms with Crippen LogP contribution in [-0.2, 0) is 16.6 Å². The Hall–Kier alpha value is -3.48. The third kappa shape index (κ3) is 3.40. The highest BCUT2D eigenvalue weighted by Gasteiger charge is 2.47. The van der Waals surface area contributed by atoms with E-state index >= 15 is 0 Å². The van der Waals surface area contributed by atoms with Gasteiger partial charge < -0.3 is 16.2 Å². The molecule has 1 saturated carbocycles. The number of carbonyl (C=O) groups is 2.